The second kappa shape index (κ2) is 10.3. The summed E-state index contributed by atoms with van der Waals surface area (Å²) in [5.74, 6) is 0.708. The van der Waals surface area contributed by atoms with Gasteiger partial charge < -0.3 is 10.6 Å². The number of H-pyrrole nitrogens is 1. The van der Waals surface area contributed by atoms with Gasteiger partial charge in [0.15, 0.2) is 0 Å². The SMILES string of the molecule is C=NC(Cc1[nH]nc(-c2ccnc(C)c2)c1C)=NC(=O)NCC1CNC(c2ccccc2)C1. The van der Waals surface area contributed by atoms with E-state index in [9.17, 15) is 4.79 Å². The lowest BCUT2D eigenvalue weighted by molar-refractivity contribution is 0.247. The van der Waals surface area contributed by atoms with Gasteiger partial charge in [-0.05, 0) is 56.2 Å². The zero-order valence-corrected chi connectivity index (χ0v) is 19.0. The standard InChI is InChI=1S/C25H29N7O/c1-16-11-20(9-10-27-16)24-17(2)21(31-32-24)13-23(26-3)30-25(33)29-15-18-12-22(28-14-18)19-7-5-4-6-8-19/h4-11,18,22,28H,3,12-15H2,1-2H3,(H,29,33)(H,31,32). The largest absolute Gasteiger partial charge is 0.342 e. The van der Waals surface area contributed by atoms with Crippen molar-refractivity contribution in [1.29, 1.82) is 0 Å². The zero-order valence-electron chi connectivity index (χ0n) is 19.0. The molecule has 1 aromatic carbocycles. The lowest BCUT2D eigenvalue weighted by Gasteiger charge is -2.11. The molecule has 170 valence electrons. The number of nitrogens with zero attached hydrogens (tertiary/aromatic N) is 4. The molecule has 0 radical (unpaired) electrons. The van der Waals surface area contributed by atoms with Crippen LogP contribution in [0.4, 0.5) is 4.79 Å². The predicted octanol–water partition coefficient (Wildman–Crippen LogP) is 3.79. The molecule has 3 heterocycles. The molecule has 1 saturated heterocycles. The number of benzene rings is 1. The van der Waals surface area contributed by atoms with Gasteiger partial charge in [-0.1, -0.05) is 30.3 Å². The summed E-state index contributed by atoms with van der Waals surface area (Å²) >= 11 is 0. The second-order valence-corrected chi connectivity index (χ2v) is 8.38. The number of aryl methyl sites for hydroxylation is 1. The number of aromatic nitrogens is 3. The molecule has 1 aliphatic heterocycles. The van der Waals surface area contributed by atoms with Crippen LogP contribution in [0, 0.1) is 19.8 Å². The predicted molar refractivity (Wildman–Crippen MR) is 131 cm³/mol. The third kappa shape index (κ3) is 5.59. The van der Waals surface area contributed by atoms with Gasteiger partial charge in [0.1, 0.15) is 5.84 Å². The maximum atomic E-state index is 12.4. The number of carbonyl (C=O) groups is 1. The van der Waals surface area contributed by atoms with E-state index in [1.165, 1.54) is 5.56 Å². The number of aliphatic imine (C=N–C) groups is 2. The van der Waals surface area contributed by atoms with E-state index in [-0.39, 0.29) is 0 Å². The minimum Gasteiger partial charge on any atom is -0.336 e. The van der Waals surface area contributed by atoms with Gasteiger partial charge in [-0.3, -0.25) is 10.1 Å². The average molecular weight is 444 g/mol. The van der Waals surface area contributed by atoms with Crippen molar-refractivity contribution in [2.75, 3.05) is 13.1 Å². The minimum absolute atomic E-state index is 0.323. The topological polar surface area (TPSA) is 107 Å². The van der Waals surface area contributed by atoms with Gasteiger partial charge in [-0.15, -0.1) is 0 Å². The van der Waals surface area contributed by atoms with Crippen molar-refractivity contribution in [2.45, 2.75) is 32.7 Å². The quantitative estimate of drug-likeness (QED) is 0.398. The molecule has 0 saturated carbocycles. The second-order valence-electron chi connectivity index (χ2n) is 8.38. The summed E-state index contributed by atoms with van der Waals surface area (Å²) < 4.78 is 0. The Kier molecular flexibility index (Phi) is 7.04. The highest BCUT2D eigenvalue weighted by Crippen LogP contribution is 2.26. The highest BCUT2D eigenvalue weighted by atomic mass is 16.2. The molecule has 2 atom stereocenters. The van der Waals surface area contributed by atoms with Crippen molar-refractivity contribution in [3.05, 3.63) is 71.2 Å². The molecule has 33 heavy (non-hydrogen) atoms. The number of aromatic amines is 1. The van der Waals surface area contributed by atoms with E-state index in [1.807, 2.05) is 44.2 Å². The summed E-state index contributed by atoms with van der Waals surface area (Å²) in [6, 6.07) is 14.2. The molecule has 4 rings (SSSR count). The molecule has 1 fully saturated rings. The lowest BCUT2D eigenvalue weighted by Crippen LogP contribution is -2.28. The Hall–Kier alpha value is -3.65. The molecule has 8 nitrogen and oxygen atoms in total. The van der Waals surface area contributed by atoms with Crippen LogP contribution >= 0.6 is 0 Å². The summed E-state index contributed by atoms with van der Waals surface area (Å²) in [4.78, 5) is 24.7. The van der Waals surface area contributed by atoms with E-state index < -0.39 is 6.03 Å². The molecule has 2 aromatic heterocycles. The van der Waals surface area contributed by atoms with Crippen molar-refractivity contribution in [3.8, 4) is 11.3 Å². The maximum Gasteiger partial charge on any atom is 0.342 e. The fraction of sp³-hybridized carbons (Fsp3) is 0.320. The van der Waals surface area contributed by atoms with E-state index in [0.717, 1.165) is 41.2 Å². The smallest absolute Gasteiger partial charge is 0.336 e. The normalized spacial score (nSPS) is 18.3. The van der Waals surface area contributed by atoms with Crippen molar-refractivity contribution in [3.63, 3.8) is 0 Å². The molecule has 8 heteroatoms. The number of nitrogens with one attached hydrogen (secondary N) is 3. The van der Waals surface area contributed by atoms with Crippen LogP contribution in [-0.4, -0.2) is 46.9 Å². The van der Waals surface area contributed by atoms with Crippen molar-refractivity contribution >= 4 is 18.6 Å². The Morgan fingerprint density at radius 2 is 2.06 bits per heavy atom. The summed E-state index contributed by atoms with van der Waals surface area (Å²) in [5, 5.41) is 13.9. The van der Waals surface area contributed by atoms with E-state index in [0.29, 0.717) is 30.8 Å². The lowest BCUT2D eigenvalue weighted by atomic mass is 10.0. The molecule has 0 bridgehead atoms. The van der Waals surface area contributed by atoms with Gasteiger partial charge in [-0.2, -0.15) is 10.1 Å². The fourth-order valence-corrected chi connectivity index (χ4v) is 4.16. The van der Waals surface area contributed by atoms with E-state index in [4.69, 9.17) is 0 Å². The third-order valence-corrected chi connectivity index (χ3v) is 5.99. The number of amidine groups is 1. The minimum atomic E-state index is -0.400. The number of pyridine rings is 1. The average Bonchev–Trinajstić information content (AvgIpc) is 3.45. The molecule has 3 aromatic rings. The molecule has 2 amide bonds. The van der Waals surface area contributed by atoms with Crippen LogP contribution in [0.3, 0.4) is 0 Å². The summed E-state index contributed by atoms with van der Waals surface area (Å²) in [7, 11) is 0. The maximum absolute atomic E-state index is 12.4. The summed E-state index contributed by atoms with van der Waals surface area (Å²) in [6.45, 7) is 8.95. The zero-order chi connectivity index (χ0) is 23.2. The molecule has 3 N–H and O–H groups in total. The first-order valence-corrected chi connectivity index (χ1v) is 11.1. The first kappa shape index (κ1) is 22.5. The Labute approximate surface area is 193 Å². The van der Waals surface area contributed by atoms with Crippen LogP contribution in [0.5, 0.6) is 0 Å². The Morgan fingerprint density at radius 1 is 1.24 bits per heavy atom. The van der Waals surface area contributed by atoms with Crippen LogP contribution in [0.2, 0.25) is 0 Å². The van der Waals surface area contributed by atoms with Gasteiger partial charge in [-0.25, -0.2) is 9.79 Å². The summed E-state index contributed by atoms with van der Waals surface area (Å²) in [5.41, 5.74) is 5.88. The van der Waals surface area contributed by atoms with Gasteiger partial charge in [0.25, 0.3) is 0 Å². The number of carbonyl (C=O) groups excluding carboxylic acids is 1. The first-order valence-electron chi connectivity index (χ1n) is 11.1. The van der Waals surface area contributed by atoms with Gasteiger partial charge >= 0.3 is 6.03 Å². The number of urea groups is 1. The monoisotopic (exact) mass is 443 g/mol. The van der Waals surface area contributed by atoms with Crippen LogP contribution < -0.4 is 10.6 Å². The highest BCUT2D eigenvalue weighted by Gasteiger charge is 2.25. The van der Waals surface area contributed by atoms with Crippen LogP contribution in [0.25, 0.3) is 11.3 Å². The molecular weight excluding hydrogens is 414 g/mol. The van der Waals surface area contributed by atoms with Gasteiger partial charge in [0, 0.05) is 48.7 Å². The third-order valence-electron chi connectivity index (χ3n) is 5.99. The molecule has 2 unspecified atom stereocenters. The van der Waals surface area contributed by atoms with E-state index in [1.54, 1.807) is 6.20 Å². The number of amides is 2. The number of rotatable bonds is 6. The van der Waals surface area contributed by atoms with Crippen molar-refractivity contribution in [2.24, 2.45) is 15.9 Å². The van der Waals surface area contributed by atoms with Crippen LogP contribution in [0.15, 0.2) is 58.6 Å². The van der Waals surface area contributed by atoms with Crippen molar-refractivity contribution in [1.82, 2.24) is 25.8 Å². The van der Waals surface area contributed by atoms with E-state index >= 15 is 0 Å². The van der Waals surface area contributed by atoms with Gasteiger partial charge in [0.05, 0.1) is 5.69 Å². The Bertz CT molecular complexity index is 1150. The summed E-state index contributed by atoms with van der Waals surface area (Å²) in [6.07, 6.45) is 3.09. The van der Waals surface area contributed by atoms with Crippen LogP contribution in [-0.2, 0) is 6.42 Å². The van der Waals surface area contributed by atoms with Crippen LogP contribution in [0.1, 0.15) is 35.0 Å². The molecular formula is C25H29N7O. The number of hydrogen-bond acceptors (Lipinski definition) is 4. The Balaban J connectivity index is 1.33. The van der Waals surface area contributed by atoms with Crippen molar-refractivity contribution < 1.29 is 4.79 Å². The van der Waals surface area contributed by atoms with E-state index in [2.05, 4.69) is 54.6 Å². The molecule has 0 aliphatic carbocycles. The first-order chi connectivity index (χ1) is 16.0. The Morgan fingerprint density at radius 3 is 2.82 bits per heavy atom. The highest BCUT2D eigenvalue weighted by molar-refractivity contribution is 5.97. The number of hydrogen-bond donors (Lipinski definition) is 3. The molecule has 1 aliphatic rings. The fourth-order valence-electron chi connectivity index (χ4n) is 4.16. The van der Waals surface area contributed by atoms with Gasteiger partial charge in [0.2, 0.25) is 0 Å². The molecule has 0 spiro atoms.